The van der Waals surface area contributed by atoms with Gasteiger partial charge < -0.3 is 4.90 Å². The van der Waals surface area contributed by atoms with E-state index in [0.29, 0.717) is 12.1 Å². The van der Waals surface area contributed by atoms with Crippen molar-refractivity contribution in [2.24, 2.45) is 0 Å². The largest absolute Gasteiger partial charge is 0.337 e. The van der Waals surface area contributed by atoms with Crippen LogP contribution in [0.4, 0.5) is 0 Å². The third kappa shape index (κ3) is 3.31. The van der Waals surface area contributed by atoms with Crippen LogP contribution < -0.4 is 0 Å². The van der Waals surface area contributed by atoms with E-state index < -0.39 is 0 Å². The molecule has 6 heteroatoms. The molecule has 0 aliphatic heterocycles. The first kappa shape index (κ1) is 15.0. The Morgan fingerprint density at radius 3 is 2.61 bits per heavy atom. The summed E-state index contributed by atoms with van der Waals surface area (Å²) in [4.78, 5) is 14.1. The molecular formula is C17H19N5O. The zero-order chi connectivity index (χ0) is 16.2. The van der Waals surface area contributed by atoms with Crippen molar-refractivity contribution in [1.82, 2.24) is 24.5 Å². The standard InChI is InChI=1S/C17H19N5O/c1-3-21-13-15(11-19-21)17(23)20(2)12-14-5-7-16(8-6-14)22-10-4-9-18-22/h4-11,13H,3,12H2,1-2H3. The number of aromatic nitrogens is 4. The van der Waals surface area contributed by atoms with E-state index in [1.807, 2.05) is 43.5 Å². The quantitative estimate of drug-likeness (QED) is 0.727. The maximum absolute atomic E-state index is 12.4. The van der Waals surface area contributed by atoms with E-state index in [1.54, 1.807) is 39.9 Å². The van der Waals surface area contributed by atoms with E-state index in [9.17, 15) is 4.79 Å². The van der Waals surface area contributed by atoms with Crippen LogP contribution in [0.15, 0.2) is 55.1 Å². The average molecular weight is 309 g/mol. The molecule has 23 heavy (non-hydrogen) atoms. The Morgan fingerprint density at radius 1 is 1.22 bits per heavy atom. The van der Waals surface area contributed by atoms with Crippen LogP contribution in [0.1, 0.15) is 22.8 Å². The van der Waals surface area contributed by atoms with Gasteiger partial charge in [0.1, 0.15) is 0 Å². The van der Waals surface area contributed by atoms with Crippen molar-refractivity contribution in [3.05, 3.63) is 66.2 Å². The fourth-order valence-electron chi connectivity index (χ4n) is 2.39. The number of carbonyl (C=O) groups excluding carboxylic acids is 1. The number of carbonyl (C=O) groups is 1. The molecule has 118 valence electrons. The van der Waals surface area contributed by atoms with Gasteiger partial charge in [0, 0.05) is 38.7 Å². The maximum Gasteiger partial charge on any atom is 0.257 e. The van der Waals surface area contributed by atoms with E-state index in [1.165, 1.54) is 0 Å². The monoisotopic (exact) mass is 309 g/mol. The Labute approximate surface area is 135 Å². The molecular weight excluding hydrogens is 290 g/mol. The van der Waals surface area contributed by atoms with Gasteiger partial charge in [0.2, 0.25) is 0 Å². The van der Waals surface area contributed by atoms with Gasteiger partial charge in [-0.25, -0.2) is 4.68 Å². The minimum atomic E-state index is -0.0270. The Hall–Kier alpha value is -2.89. The van der Waals surface area contributed by atoms with Crippen LogP contribution in [-0.4, -0.2) is 37.4 Å². The third-order valence-corrected chi connectivity index (χ3v) is 3.68. The van der Waals surface area contributed by atoms with E-state index in [4.69, 9.17) is 0 Å². The van der Waals surface area contributed by atoms with Crippen molar-refractivity contribution in [3.8, 4) is 5.69 Å². The lowest BCUT2D eigenvalue weighted by Gasteiger charge is -2.16. The summed E-state index contributed by atoms with van der Waals surface area (Å²) < 4.78 is 3.55. The Balaban J connectivity index is 1.67. The van der Waals surface area contributed by atoms with E-state index in [0.717, 1.165) is 17.8 Å². The zero-order valence-electron chi connectivity index (χ0n) is 13.3. The summed E-state index contributed by atoms with van der Waals surface area (Å²) in [5.41, 5.74) is 2.68. The number of hydrogen-bond donors (Lipinski definition) is 0. The Kier molecular flexibility index (Phi) is 4.23. The molecule has 0 unspecified atom stereocenters. The molecule has 0 radical (unpaired) electrons. The fraction of sp³-hybridized carbons (Fsp3) is 0.235. The molecule has 1 aromatic carbocycles. The molecule has 1 amide bonds. The molecule has 0 N–H and O–H groups in total. The van der Waals surface area contributed by atoms with E-state index in [-0.39, 0.29) is 5.91 Å². The Bertz CT molecular complexity index is 774. The smallest absolute Gasteiger partial charge is 0.257 e. The first-order valence-electron chi connectivity index (χ1n) is 7.54. The van der Waals surface area contributed by atoms with Gasteiger partial charge in [-0.05, 0) is 30.7 Å². The van der Waals surface area contributed by atoms with Crippen molar-refractivity contribution in [2.45, 2.75) is 20.0 Å². The van der Waals surface area contributed by atoms with Gasteiger partial charge in [-0.2, -0.15) is 10.2 Å². The summed E-state index contributed by atoms with van der Waals surface area (Å²) in [7, 11) is 1.80. The number of aryl methyl sites for hydroxylation is 1. The van der Waals surface area contributed by atoms with Gasteiger partial charge >= 0.3 is 0 Å². The van der Waals surface area contributed by atoms with Crippen molar-refractivity contribution in [1.29, 1.82) is 0 Å². The van der Waals surface area contributed by atoms with Crippen LogP contribution in [0.25, 0.3) is 5.69 Å². The van der Waals surface area contributed by atoms with Gasteiger partial charge in [-0.3, -0.25) is 9.48 Å². The lowest BCUT2D eigenvalue weighted by Crippen LogP contribution is -2.25. The molecule has 0 fully saturated rings. The molecule has 0 bridgehead atoms. The maximum atomic E-state index is 12.4. The highest BCUT2D eigenvalue weighted by Crippen LogP contribution is 2.12. The summed E-state index contributed by atoms with van der Waals surface area (Å²) in [6.45, 7) is 3.30. The molecule has 0 aliphatic rings. The molecule has 0 spiro atoms. The third-order valence-electron chi connectivity index (χ3n) is 3.68. The second-order valence-corrected chi connectivity index (χ2v) is 5.36. The SMILES string of the molecule is CCn1cc(C(=O)N(C)Cc2ccc(-n3cccn3)cc2)cn1. The fourth-order valence-corrected chi connectivity index (χ4v) is 2.39. The zero-order valence-corrected chi connectivity index (χ0v) is 13.3. The van der Waals surface area contributed by atoms with Gasteiger partial charge in [-0.1, -0.05) is 12.1 Å². The lowest BCUT2D eigenvalue weighted by atomic mass is 10.2. The molecule has 2 aromatic heterocycles. The lowest BCUT2D eigenvalue weighted by molar-refractivity contribution is 0.0785. The molecule has 0 aliphatic carbocycles. The van der Waals surface area contributed by atoms with Crippen LogP contribution in [-0.2, 0) is 13.1 Å². The average Bonchev–Trinajstić information content (AvgIpc) is 3.26. The number of amides is 1. The van der Waals surface area contributed by atoms with Gasteiger partial charge in [0.15, 0.2) is 0 Å². The summed E-state index contributed by atoms with van der Waals surface area (Å²) in [6.07, 6.45) is 7.04. The first-order chi connectivity index (χ1) is 11.2. The van der Waals surface area contributed by atoms with Gasteiger partial charge in [0.05, 0.1) is 17.4 Å². The molecule has 2 heterocycles. The second kappa shape index (κ2) is 6.48. The van der Waals surface area contributed by atoms with Crippen LogP contribution in [0, 0.1) is 0 Å². The molecule has 0 atom stereocenters. The van der Waals surface area contributed by atoms with Gasteiger partial charge in [0.25, 0.3) is 5.91 Å². The summed E-state index contributed by atoms with van der Waals surface area (Å²) >= 11 is 0. The Morgan fingerprint density at radius 2 is 2.00 bits per heavy atom. The van der Waals surface area contributed by atoms with Crippen LogP contribution >= 0.6 is 0 Å². The molecule has 3 rings (SSSR count). The predicted octanol–water partition coefficient (Wildman–Crippen LogP) is 2.36. The van der Waals surface area contributed by atoms with Crippen LogP contribution in [0.2, 0.25) is 0 Å². The molecule has 6 nitrogen and oxygen atoms in total. The highest BCUT2D eigenvalue weighted by atomic mass is 16.2. The van der Waals surface area contributed by atoms with Crippen LogP contribution in [0.5, 0.6) is 0 Å². The van der Waals surface area contributed by atoms with Crippen molar-refractivity contribution in [2.75, 3.05) is 7.05 Å². The summed E-state index contributed by atoms with van der Waals surface area (Å²) in [5, 5.41) is 8.34. The number of rotatable bonds is 5. The highest BCUT2D eigenvalue weighted by molar-refractivity contribution is 5.93. The summed E-state index contributed by atoms with van der Waals surface area (Å²) in [6, 6.07) is 9.90. The number of hydrogen-bond acceptors (Lipinski definition) is 3. The minimum absolute atomic E-state index is 0.0270. The topological polar surface area (TPSA) is 56.0 Å². The molecule has 0 saturated carbocycles. The molecule has 0 saturated heterocycles. The van der Waals surface area contributed by atoms with E-state index in [2.05, 4.69) is 10.2 Å². The van der Waals surface area contributed by atoms with Crippen molar-refractivity contribution in [3.63, 3.8) is 0 Å². The van der Waals surface area contributed by atoms with Crippen LogP contribution in [0.3, 0.4) is 0 Å². The van der Waals surface area contributed by atoms with Gasteiger partial charge in [-0.15, -0.1) is 0 Å². The molecule has 3 aromatic rings. The normalized spacial score (nSPS) is 10.7. The second-order valence-electron chi connectivity index (χ2n) is 5.36. The number of nitrogens with zero attached hydrogens (tertiary/aromatic N) is 5. The predicted molar refractivity (Wildman–Crippen MR) is 87.3 cm³/mol. The minimum Gasteiger partial charge on any atom is -0.337 e. The first-order valence-corrected chi connectivity index (χ1v) is 7.54. The van der Waals surface area contributed by atoms with Crippen molar-refractivity contribution >= 4 is 5.91 Å². The van der Waals surface area contributed by atoms with Crippen molar-refractivity contribution < 1.29 is 4.79 Å². The summed E-state index contributed by atoms with van der Waals surface area (Å²) in [5.74, 6) is -0.0270. The van der Waals surface area contributed by atoms with E-state index >= 15 is 0 Å². The number of benzene rings is 1. The highest BCUT2D eigenvalue weighted by Gasteiger charge is 2.14.